The SMILES string of the molecule is Cc1n[nH]c(C)c1[C@H]1CCCN1C(=O)[C@H](C)N. The number of aryl methyl sites for hydroxylation is 2. The lowest BCUT2D eigenvalue weighted by atomic mass is 10.0. The summed E-state index contributed by atoms with van der Waals surface area (Å²) in [5.41, 5.74) is 8.89. The Balaban J connectivity index is 2.29. The van der Waals surface area contributed by atoms with Crippen molar-refractivity contribution in [3.05, 3.63) is 17.0 Å². The van der Waals surface area contributed by atoms with Crippen LogP contribution in [0.25, 0.3) is 0 Å². The molecule has 94 valence electrons. The highest BCUT2D eigenvalue weighted by Gasteiger charge is 2.33. The molecule has 1 aromatic heterocycles. The summed E-state index contributed by atoms with van der Waals surface area (Å²) < 4.78 is 0. The highest BCUT2D eigenvalue weighted by molar-refractivity contribution is 5.82. The third kappa shape index (κ3) is 2.07. The van der Waals surface area contributed by atoms with E-state index < -0.39 is 6.04 Å². The quantitative estimate of drug-likeness (QED) is 0.805. The van der Waals surface area contributed by atoms with Crippen molar-refractivity contribution in [1.82, 2.24) is 15.1 Å². The molecule has 5 nitrogen and oxygen atoms in total. The lowest BCUT2D eigenvalue weighted by Crippen LogP contribution is -2.41. The highest BCUT2D eigenvalue weighted by Crippen LogP contribution is 2.34. The summed E-state index contributed by atoms with van der Waals surface area (Å²) in [6.07, 6.45) is 2.03. The van der Waals surface area contributed by atoms with Crippen LogP contribution >= 0.6 is 0 Å². The van der Waals surface area contributed by atoms with E-state index in [9.17, 15) is 4.79 Å². The number of aromatic amines is 1. The zero-order valence-corrected chi connectivity index (χ0v) is 10.7. The van der Waals surface area contributed by atoms with Gasteiger partial charge in [-0.15, -0.1) is 0 Å². The molecule has 1 amide bonds. The molecule has 5 heteroatoms. The molecule has 2 heterocycles. The standard InChI is InChI=1S/C12H20N4O/c1-7(13)12(17)16-6-4-5-10(16)11-8(2)14-15-9(11)3/h7,10H,4-6,13H2,1-3H3,(H,14,15)/t7-,10+/m0/s1. The van der Waals surface area contributed by atoms with Gasteiger partial charge in [-0.1, -0.05) is 0 Å². The number of nitrogens with two attached hydrogens (primary N) is 1. The van der Waals surface area contributed by atoms with Crippen LogP contribution in [-0.4, -0.2) is 33.6 Å². The first-order valence-electron chi connectivity index (χ1n) is 6.10. The van der Waals surface area contributed by atoms with Crippen LogP contribution in [0.15, 0.2) is 0 Å². The summed E-state index contributed by atoms with van der Waals surface area (Å²) in [6, 6.07) is -0.282. The number of carbonyl (C=O) groups excluding carboxylic acids is 1. The van der Waals surface area contributed by atoms with E-state index in [2.05, 4.69) is 10.2 Å². The number of H-pyrrole nitrogens is 1. The van der Waals surface area contributed by atoms with Gasteiger partial charge in [-0.3, -0.25) is 9.89 Å². The van der Waals surface area contributed by atoms with E-state index >= 15 is 0 Å². The van der Waals surface area contributed by atoms with Gasteiger partial charge in [-0.25, -0.2) is 0 Å². The van der Waals surface area contributed by atoms with Gasteiger partial charge in [0.15, 0.2) is 0 Å². The Kier molecular flexibility index (Phi) is 3.19. The smallest absolute Gasteiger partial charge is 0.239 e. The van der Waals surface area contributed by atoms with Gasteiger partial charge in [0.2, 0.25) is 5.91 Å². The summed E-state index contributed by atoms with van der Waals surface area (Å²) in [7, 11) is 0. The summed E-state index contributed by atoms with van der Waals surface area (Å²) in [4.78, 5) is 13.9. The molecule has 2 atom stereocenters. The second-order valence-electron chi connectivity index (χ2n) is 4.83. The van der Waals surface area contributed by atoms with Crippen molar-refractivity contribution >= 4 is 5.91 Å². The Morgan fingerprint density at radius 2 is 2.29 bits per heavy atom. The maximum Gasteiger partial charge on any atom is 0.239 e. The third-order valence-electron chi connectivity index (χ3n) is 3.44. The van der Waals surface area contributed by atoms with Crippen LogP contribution in [0.4, 0.5) is 0 Å². The zero-order valence-electron chi connectivity index (χ0n) is 10.7. The lowest BCUT2D eigenvalue weighted by molar-refractivity contribution is -0.133. The monoisotopic (exact) mass is 236 g/mol. The first-order chi connectivity index (χ1) is 8.02. The van der Waals surface area contributed by atoms with Crippen molar-refractivity contribution in [2.45, 2.75) is 45.7 Å². The van der Waals surface area contributed by atoms with E-state index in [0.717, 1.165) is 36.3 Å². The summed E-state index contributed by atoms with van der Waals surface area (Å²) >= 11 is 0. The van der Waals surface area contributed by atoms with E-state index in [1.165, 1.54) is 0 Å². The number of nitrogens with zero attached hydrogens (tertiary/aromatic N) is 2. The Labute approximate surface area is 101 Å². The summed E-state index contributed by atoms with van der Waals surface area (Å²) in [5, 5.41) is 7.19. The Hall–Kier alpha value is -1.36. The Morgan fingerprint density at radius 3 is 2.82 bits per heavy atom. The van der Waals surface area contributed by atoms with Crippen molar-refractivity contribution < 1.29 is 4.79 Å². The van der Waals surface area contributed by atoms with Gasteiger partial charge < -0.3 is 10.6 Å². The van der Waals surface area contributed by atoms with Crippen LogP contribution in [0, 0.1) is 13.8 Å². The summed E-state index contributed by atoms with van der Waals surface area (Å²) in [5.74, 6) is 0.0347. The number of nitrogens with one attached hydrogen (secondary N) is 1. The van der Waals surface area contributed by atoms with Crippen molar-refractivity contribution in [2.24, 2.45) is 5.73 Å². The Morgan fingerprint density at radius 1 is 1.59 bits per heavy atom. The maximum absolute atomic E-state index is 12.0. The fourth-order valence-corrected chi connectivity index (χ4v) is 2.64. The van der Waals surface area contributed by atoms with Crippen LogP contribution in [0.5, 0.6) is 0 Å². The van der Waals surface area contributed by atoms with E-state index in [-0.39, 0.29) is 11.9 Å². The van der Waals surface area contributed by atoms with E-state index in [1.54, 1.807) is 6.92 Å². The molecule has 0 spiro atoms. The number of hydrogen-bond donors (Lipinski definition) is 2. The highest BCUT2D eigenvalue weighted by atomic mass is 16.2. The van der Waals surface area contributed by atoms with Gasteiger partial charge in [0.05, 0.1) is 17.8 Å². The topological polar surface area (TPSA) is 75.0 Å². The summed E-state index contributed by atoms with van der Waals surface area (Å²) in [6.45, 7) is 6.52. The third-order valence-corrected chi connectivity index (χ3v) is 3.44. The largest absolute Gasteiger partial charge is 0.334 e. The van der Waals surface area contributed by atoms with Crippen LogP contribution in [0.3, 0.4) is 0 Å². The van der Waals surface area contributed by atoms with Crippen LogP contribution < -0.4 is 5.73 Å². The molecule has 0 radical (unpaired) electrons. The predicted octanol–water partition coefficient (Wildman–Crippen LogP) is 1.04. The fraction of sp³-hybridized carbons (Fsp3) is 0.667. The van der Waals surface area contributed by atoms with Gasteiger partial charge in [-0.05, 0) is 33.6 Å². The number of hydrogen-bond acceptors (Lipinski definition) is 3. The number of rotatable bonds is 2. The van der Waals surface area contributed by atoms with Crippen LogP contribution in [0.1, 0.15) is 42.8 Å². The number of amides is 1. The maximum atomic E-state index is 12.0. The molecule has 17 heavy (non-hydrogen) atoms. The average Bonchev–Trinajstić information content (AvgIpc) is 2.84. The van der Waals surface area contributed by atoms with Gasteiger partial charge in [-0.2, -0.15) is 5.10 Å². The molecule has 0 aliphatic carbocycles. The minimum Gasteiger partial charge on any atom is -0.334 e. The molecule has 0 bridgehead atoms. The molecule has 0 aromatic carbocycles. The van der Waals surface area contributed by atoms with Gasteiger partial charge in [0.1, 0.15) is 0 Å². The minimum atomic E-state index is -0.428. The van der Waals surface area contributed by atoms with Gasteiger partial charge in [0, 0.05) is 17.8 Å². The number of likely N-dealkylation sites (tertiary alicyclic amines) is 1. The molecule has 3 N–H and O–H groups in total. The molecular formula is C12H20N4O. The average molecular weight is 236 g/mol. The number of carbonyl (C=O) groups is 1. The molecule has 2 rings (SSSR count). The van der Waals surface area contributed by atoms with Crippen LogP contribution in [-0.2, 0) is 4.79 Å². The minimum absolute atomic E-state index is 0.0347. The van der Waals surface area contributed by atoms with Crippen molar-refractivity contribution in [2.75, 3.05) is 6.54 Å². The molecule has 1 aliphatic rings. The van der Waals surface area contributed by atoms with Gasteiger partial charge in [0.25, 0.3) is 0 Å². The van der Waals surface area contributed by atoms with E-state index in [0.29, 0.717) is 0 Å². The zero-order chi connectivity index (χ0) is 12.6. The van der Waals surface area contributed by atoms with Crippen molar-refractivity contribution in [3.8, 4) is 0 Å². The normalized spacial score (nSPS) is 21.9. The molecule has 1 fully saturated rings. The molecule has 0 saturated carbocycles. The van der Waals surface area contributed by atoms with Gasteiger partial charge >= 0.3 is 0 Å². The lowest BCUT2D eigenvalue weighted by Gasteiger charge is -2.26. The number of aromatic nitrogens is 2. The molecule has 1 saturated heterocycles. The molecule has 1 aromatic rings. The van der Waals surface area contributed by atoms with Crippen molar-refractivity contribution in [1.29, 1.82) is 0 Å². The second kappa shape index (κ2) is 4.49. The molecule has 1 aliphatic heterocycles. The van der Waals surface area contributed by atoms with E-state index in [4.69, 9.17) is 5.73 Å². The first-order valence-corrected chi connectivity index (χ1v) is 6.10. The van der Waals surface area contributed by atoms with Crippen molar-refractivity contribution in [3.63, 3.8) is 0 Å². The molecule has 0 unspecified atom stereocenters. The Bertz CT molecular complexity index is 405. The predicted molar refractivity (Wildman–Crippen MR) is 65.4 cm³/mol. The van der Waals surface area contributed by atoms with Crippen LogP contribution in [0.2, 0.25) is 0 Å². The molecular weight excluding hydrogens is 216 g/mol. The fourth-order valence-electron chi connectivity index (χ4n) is 2.64. The first kappa shape index (κ1) is 12.1. The van der Waals surface area contributed by atoms with E-state index in [1.807, 2.05) is 18.7 Å². The second-order valence-corrected chi connectivity index (χ2v) is 4.83.